The van der Waals surface area contributed by atoms with Crippen molar-refractivity contribution in [2.75, 3.05) is 0 Å². The van der Waals surface area contributed by atoms with E-state index in [9.17, 15) is 5.11 Å². The van der Waals surface area contributed by atoms with Gasteiger partial charge in [-0.1, -0.05) is 172 Å². The van der Waals surface area contributed by atoms with Gasteiger partial charge in [-0.3, -0.25) is 9.55 Å². The number of hydrogen-bond donors (Lipinski definition) is 1. The molecule has 344 valence electrons. The minimum absolute atomic E-state index is 0. The minimum Gasteiger partial charge on any atom is -0.507 e. The van der Waals surface area contributed by atoms with E-state index in [0.29, 0.717) is 17.1 Å². The van der Waals surface area contributed by atoms with Gasteiger partial charge in [0.15, 0.2) is 0 Å². The van der Waals surface area contributed by atoms with Gasteiger partial charge >= 0.3 is 0 Å². The van der Waals surface area contributed by atoms with Crippen molar-refractivity contribution in [1.29, 1.82) is 0 Å². The van der Waals surface area contributed by atoms with Gasteiger partial charge in [0, 0.05) is 55.7 Å². The first-order chi connectivity index (χ1) is 31.0. The Kier molecular flexibility index (Phi) is 10.8. The number of aryl methyl sites for hydroxylation is 1. The molecule has 7 heteroatoms. The van der Waals surface area contributed by atoms with Gasteiger partial charge in [0.05, 0.1) is 27.9 Å². The van der Waals surface area contributed by atoms with Crippen LogP contribution in [0.3, 0.4) is 0 Å². The van der Waals surface area contributed by atoms with Gasteiger partial charge < -0.3 is 9.52 Å². The molecule has 10 rings (SSSR count). The number of hydrogen-bond acceptors (Lipinski definition) is 5. The minimum atomic E-state index is -0.351. The third-order valence-corrected chi connectivity index (χ3v) is 14.8. The maximum Gasteiger partial charge on any atom is 0.218 e. The Hall–Kier alpha value is -5.84. The van der Waals surface area contributed by atoms with Crippen molar-refractivity contribution in [1.82, 2.24) is 19.5 Å². The molecule has 0 radical (unpaired) electrons. The van der Waals surface area contributed by atoms with E-state index in [2.05, 4.69) is 199 Å². The van der Waals surface area contributed by atoms with E-state index < -0.39 is 0 Å². The number of pyridine rings is 2. The molecule has 0 atom stereocenters. The number of aromatic nitrogens is 4. The summed E-state index contributed by atoms with van der Waals surface area (Å²) in [6.07, 6.45) is 3.72. The topological polar surface area (TPSA) is 77.0 Å². The fourth-order valence-corrected chi connectivity index (χ4v) is 10.5. The molecular weight excluding hydrogens is 1000 g/mol. The predicted molar refractivity (Wildman–Crippen MR) is 273 cm³/mol. The summed E-state index contributed by atoms with van der Waals surface area (Å²) in [7, 11) is 0. The monoisotopic (exact) mass is 1060 g/mol. The Balaban J connectivity index is 0.00000562. The van der Waals surface area contributed by atoms with E-state index in [1.54, 1.807) is 6.20 Å². The molecule has 0 spiro atoms. The fraction of sp³-hybridized carbons (Fsp3) is 0.317. The van der Waals surface area contributed by atoms with Crippen molar-refractivity contribution in [3.63, 3.8) is 0 Å². The van der Waals surface area contributed by atoms with Gasteiger partial charge in [0.2, 0.25) is 5.71 Å². The molecule has 0 saturated heterocycles. The molecule has 1 N–H and O–H groups in total. The van der Waals surface area contributed by atoms with Crippen molar-refractivity contribution >= 4 is 33.1 Å². The van der Waals surface area contributed by atoms with Crippen LogP contribution in [0.15, 0.2) is 114 Å². The number of para-hydroxylation sites is 1. The molecule has 0 saturated carbocycles. The Morgan fingerprint density at radius 2 is 1.33 bits per heavy atom. The molecule has 5 aromatic carbocycles. The summed E-state index contributed by atoms with van der Waals surface area (Å²) in [4.78, 5) is 15.7. The van der Waals surface area contributed by atoms with Crippen LogP contribution in [0.5, 0.6) is 5.75 Å². The van der Waals surface area contributed by atoms with E-state index in [1.165, 1.54) is 16.7 Å². The maximum atomic E-state index is 12.7. The molecule has 0 aliphatic heterocycles. The Morgan fingerprint density at radius 1 is 0.642 bits per heavy atom. The van der Waals surface area contributed by atoms with Gasteiger partial charge in [-0.25, -0.2) is 9.97 Å². The second kappa shape index (κ2) is 15.6. The smallest absolute Gasteiger partial charge is 0.218 e. The van der Waals surface area contributed by atoms with Crippen molar-refractivity contribution in [3.8, 4) is 56.3 Å². The van der Waals surface area contributed by atoms with E-state index in [-0.39, 0.29) is 53.9 Å². The number of rotatable bonds is 4. The van der Waals surface area contributed by atoms with E-state index in [1.807, 2.05) is 12.3 Å². The standard InChI is InChI=1S/C60H61N4O2.Pt/c1-34-27-29-61-51-42-33-41(53-47(39-23-19-28-62-55(39)66-53)49(42)60(13,14)59(11,12)48(34)51)38-22-18-24-46-50(38)63-54(43-31-37(57(5,6)7)32-44(52(43)65)58(8,9)10)64(46)45-26-25-36(56(2,3)4)30-40(45)35-20-16-15-17-21-35;/h15-32,65H,1-14H3;/q-1;. The molecule has 6 nitrogen and oxygen atoms in total. The Bertz CT molecular complexity index is 3440. The van der Waals surface area contributed by atoms with E-state index in [0.717, 1.165) is 83.3 Å². The van der Waals surface area contributed by atoms with Crippen LogP contribution in [-0.2, 0) is 48.1 Å². The number of aromatic hydroxyl groups is 1. The number of fused-ring (bicyclic) bond motifs is 8. The molecule has 1 aliphatic carbocycles. The van der Waals surface area contributed by atoms with Crippen molar-refractivity contribution in [3.05, 3.63) is 149 Å². The van der Waals surface area contributed by atoms with Crippen LogP contribution in [0.4, 0.5) is 0 Å². The molecular formula is C60H61N4O2Pt-. The molecule has 0 unspecified atom stereocenters. The van der Waals surface area contributed by atoms with Crippen LogP contribution in [0.25, 0.3) is 83.7 Å². The van der Waals surface area contributed by atoms with E-state index in [4.69, 9.17) is 19.4 Å². The van der Waals surface area contributed by atoms with Gasteiger partial charge in [-0.05, 0) is 104 Å². The molecule has 0 amide bonds. The van der Waals surface area contributed by atoms with Crippen LogP contribution in [0, 0.1) is 13.0 Å². The molecule has 4 aromatic heterocycles. The van der Waals surface area contributed by atoms with Crippen molar-refractivity contribution in [2.24, 2.45) is 0 Å². The summed E-state index contributed by atoms with van der Waals surface area (Å²) in [6.45, 7) is 31.5. The molecule has 0 fully saturated rings. The zero-order valence-corrected chi connectivity index (χ0v) is 43.6. The van der Waals surface area contributed by atoms with Crippen LogP contribution >= 0.6 is 0 Å². The first-order valence-electron chi connectivity index (χ1n) is 23.3. The third kappa shape index (κ3) is 7.11. The zero-order chi connectivity index (χ0) is 47.0. The summed E-state index contributed by atoms with van der Waals surface area (Å²) in [5.74, 6) is 0.883. The van der Waals surface area contributed by atoms with Gasteiger partial charge in [-0.2, -0.15) is 0 Å². The van der Waals surface area contributed by atoms with Crippen LogP contribution in [0.2, 0.25) is 0 Å². The molecule has 4 heterocycles. The third-order valence-electron chi connectivity index (χ3n) is 14.8. The number of phenolic OH excluding ortho intramolecular Hbond substituents is 1. The van der Waals surface area contributed by atoms with Crippen LogP contribution in [0.1, 0.15) is 123 Å². The quantitative estimate of drug-likeness (QED) is 0.178. The molecule has 0 bridgehead atoms. The molecule has 67 heavy (non-hydrogen) atoms. The Morgan fingerprint density at radius 3 is 2.01 bits per heavy atom. The van der Waals surface area contributed by atoms with E-state index >= 15 is 0 Å². The van der Waals surface area contributed by atoms with Gasteiger partial charge in [-0.15, -0.1) is 6.07 Å². The normalized spacial score (nSPS) is 14.6. The zero-order valence-electron chi connectivity index (χ0n) is 41.4. The summed E-state index contributed by atoms with van der Waals surface area (Å²) < 4.78 is 9.21. The average Bonchev–Trinajstić information content (AvgIpc) is 3.83. The molecule has 1 aliphatic rings. The first kappa shape index (κ1) is 46.3. The summed E-state index contributed by atoms with van der Waals surface area (Å²) in [5.41, 5.74) is 15.9. The second-order valence-electron chi connectivity index (χ2n) is 22.7. The number of furan rings is 1. The van der Waals surface area contributed by atoms with Crippen LogP contribution in [-0.4, -0.2) is 24.6 Å². The summed E-state index contributed by atoms with van der Waals surface area (Å²) in [6, 6.07) is 38.4. The second-order valence-corrected chi connectivity index (χ2v) is 22.7. The number of phenols is 1. The van der Waals surface area contributed by atoms with Crippen molar-refractivity contribution in [2.45, 2.75) is 124 Å². The molecule has 9 aromatic rings. The van der Waals surface area contributed by atoms with Gasteiger partial charge in [0.25, 0.3) is 0 Å². The Labute approximate surface area is 410 Å². The number of benzene rings is 5. The fourth-order valence-electron chi connectivity index (χ4n) is 10.5. The van der Waals surface area contributed by atoms with Crippen LogP contribution < -0.4 is 0 Å². The SMILES string of the molecule is Cc1ccnc2c1C(C)(C)C(C)(C)c1c-2[c-]c(-c2cccc3c2nc(-c2cc(C(C)(C)C)cc(C(C)(C)C)c2O)n3-c2ccc(C(C)(C)C)cc2-c2ccccc2)c2oc3ncccc3c12.[Pt]. The predicted octanol–water partition coefficient (Wildman–Crippen LogP) is 15.7. The maximum absolute atomic E-state index is 12.7. The number of imidazole rings is 1. The summed E-state index contributed by atoms with van der Waals surface area (Å²) in [5, 5.41) is 14.6. The average molecular weight is 1070 g/mol. The largest absolute Gasteiger partial charge is 0.507 e. The summed E-state index contributed by atoms with van der Waals surface area (Å²) >= 11 is 0. The van der Waals surface area contributed by atoms with Gasteiger partial charge in [0.1, 0.15) is 11.6 Å². The number of nitrogens with zero attached hydrogens (tertiary/aromatic N) is 4. The first-order valence-corrected chi connectivity index (χ1v) is 23.3. The van der Waals surface area contributed by atoms with Crippen molar-refractivity contribution < 1.29 is 30.6 Å².